The molecule has 0 fully saturated rings. The second-order valence-electron chi connectivity index (χ2n) is 6.06. The first-order valence-electron chi connectivity index (χ1n) is 8.61. The summed E-state index contributed by atoms with van der Waals surface area (Å²) in [6.45, 7) is 1.02. The number of aromatic nitrogens is 2. The van der Waals surface area contributed by atoms with Crippen LogP contribution in [0, 0.1) is 0 Å². The number of anilines is 1. The van der Waals surface area contributed by atoms with Crippen molar-refractivity contribution < 1.29 is 18.7 Å². The van der Waals surface area contributed by atoms with E-state index in [4.69, 9.17) is 9.15 Å². The first-order valence-corrected chi connectivity index (χ1v) is 8.61. The highest BCUT2D eigenvalue weighted by Crippen LogP contribution is 2.15. The largest absolute Gasteiger partial charge is 0.451 e. The summed E-state index contributed by atoms with van der Waals surface area (Å²) in [6.07, 6.45) is -1.02. The van der Waals surface area contributed by atoms with Crippen LogP contribution in [0.4, 0.5) is 5.69 Å². The molecule has 0 N–H and O–H groups in total. The lowest BCUT2D eigenvalue weighted by Gasteiger charge is -2.21. The van der Waals surface area contributed by atoms with Crippen LogP contribution < -0.4 is 10.7 Å². The third kappa shape index (κ3) is 4.35. The fraction of sp³-hybridized carbons (Fsp3) is 0.200. The van der Waals surface area contributed by atoms with Gasteiger partial charge in [-0.15, -0.1) is 5.10 Å². The van der Waals surface area contributed by atoms with Crippen LogP contribution in [0.5, 0.6) is 0 Å². The van der Waals surface area contributed by atoms with Crippen molar-refractivity contribution in [1.82, 2.24) is 9.78 Å². The molecule has 8 heteroatoms. The number of likely N-dealkylation sites (N-methyl/N-ethyl adjacent to an activating group) is 1. The number of rotatable bonds is 6. The van der Waals surface area contributed by atoms with E-state index in [9.17, 15) is 14.4 Å². The van der Waals surface area contributed by atoms with Crippen molar-refractivity contribution in [1.29, 1.82) is 0 Å². The van der Waals surface area contributed by atoms with E-state index < -0.39 is 30.3 Å². The monoisotopic (exact) mass is 381 g/mol. The summed E-state index contributed by atoms with van der Waals surface area (Å²) in [5.74, 6) is -1.84. The van der Waals surface area contributed by atoms with E-state index in [2.05, 4.69) is 5.10 Å². The molecule has 0 unspecified atom stereocenters. The Morgan fingerprint density at radius 1 is 1.11 bits per heavy atom. The molecule has 1 aromatic heterocycles. The molecular weight excluding hydrogens is 362 g/mol. The lowest BCUT2D eigenvalue weighted by Crippen LogP contribution is -2.38. The molecule has 144 valence electrons. The van der Waals surface area contributed by atoms with E-state index in [1.165, 1.54) is 11.8 Å². The number of carbonyl (C=O) groups is 2. The van der Waals surface area contributed by atoms with Crippen molar-refractivity contribution >= 4 is 17.6 Å². The minimum atomic E-state index is -1.02. The zero-order valence-electron chi connectivity index (χ0n) is 15.4. The Labute approximate surface area is 161 Å². The first kappa shape index (κ1) is 19.1. The van der Waals surface area contributed by atoms with Crippen molar-refractivity contribution in [3.8, 4) is 11.5 Å². The number of para-hydroxylation sites is 1. The highest BCUT2D eigenvalue weighted by molar-refractivity contribution is 5.96. The Bertz CT molecular complexity index is 1010. The third-order valence-electron chi connectivity index (χ3n) is 4.04. The second kappa shape index (κ2) is 8.34. The second-order valence-corrected chi connectivity index (χ2v) is 6.06. The maximum Gasteiger partial charge on any atom is 0.437 e. The molecule has 1 heterocycles. The third-order valence-corrected chi connectivity index (χ3v) is 4.04. The van der Waals surface area contributed by atoms with E-state index >= 15 is 0 Å². The van der Waals surface area contributed by atoms with Crippen molar-refractivity contribution in [2.45, 2.75) is 19.6 Å². The van der Waals surface area contributed by atoms with Gasteiger partial charge in [-0.05, 0) is 31.2 Å². The van der Waals surface area contributed by atoms with Crippen LogP contribution in [-0.4, -0.2) is 34.8 Å². The van der Waals surface area contributed by atoms with Crippen molar-refractivity contribution in [2.75, 3.05) is 11.9 Å². The standard InChI is InChI=1S/C20H19N3O5/c1-14(19(25)22(2)16-11-7-4-8-12-16)27-17(24)13-23-20(26)28-18(21-23)15-9-5-3-6-10-15/h3-12,14H,13H2,1-2H3/t14-/m1/s1. The van der Waals surface area contributed by atoms with Gasteiger partial charge in [-0.3, -0.25) is 9.59 Å². The van der Waals surface area contributed by atoms with Crippen LogP contribution in [0.25, 0.3) is 11.5 Å². The highest BCUT2D eigenvalue weighted by atomic mass is 16.5. The van der Waals surface area contributed by atoms with Crippen molar-refractivity contribution in [2.24, 2.45) is 0 Å². The Morgan fingerprint density at radius 3 is 2.36 bits per heavy atom. The van der Waals surface area contributed by atoms with Gasteiger partial charge < -0.3 is 14.1 Å². The molecule has 28 heavy (non-hydrogen) atoms. The Hall–Kier alpha value is -3.68. The average Bonchev–Trinajstić information content (AvgIpc) is 3.08. The summed E-state index contributed by atoms with van der Waals surface area (Å²) < 4.78 is 11.1. The number of hydrogen-bond acceptors (Lipinski definition) is 6. The van der Waals surface area contributed by atoms with E-state index in [1.807, 2.05) is 12.1 Å². The molecule has 3 rings (SSSR count). The zero-order valence-corrected chi connectivity index (χ0v) is 15.4. The fourth-order valence-corrected chi connectivity index (χ4v) is 2.56. The Balaban J connectivity index is 1.63. The summed E-state index contributed by atoms with van der Waals surface area (Å²) >= 11 is 0. The molecule has 1 amide bonds. The molecule has 8 nitrogen and oxygen atoms in total. The Kier molecular flexibility index (Phi) is 5.69. The topological polar surface area (TPSA) is 94.6 Å². The normalized spacial score (nSPS) is 11.6. The highest BCUT2D eigenvalue weighted by Gasteiger charge is 2.23. The molecule has 0 bridgehead atoms. The predicted molar refractivity (Wildman–Crippen MR) is 102 cm³/mol. The number of benzene rings is 2. The molecule has 0 aliphatic heterocycles. The predicted octanol–water partition coefficient (Wildman–Crippen LogP) is 2.10. The van der Waals surface area contributed by atoms with Gasteiger partial charge in [0.1, 0.15) is 6.54 Å². The number of nitrogens with zero attached hydrogens (tertiary/aromatic N) is 3. The number of carbonyl (C=O) groups excluding carboxylic acids is 2. The molecule has 0 aliphatic rings. The zero-order chi connectivity index (χ0) is 20.1. The smallest absolute Gasteiger partial charge is 0.437 e. The minimum absolute atomic E-state index is 0.103. The lowest BCUT2D eigenvalue weighted by molar-refractivity contribution is -0.154. The molecule has 0 aliphatic carbocycles. The van der Waals surface area contributed by atoms with Gasteiger partial charge in [0.25, 0.3) is 5.91 Å². The van der Waals surface area contributed by atoms with Gasteiger partial charge in [0.05, 0.1) is 0 Å². The first-order chi connectivity index (χ1) is 13.5. The van der Waals surface area contributed by atoms with Crippen molar-refractivity contribution in [3.63, 3.8) is 0 Å². The summed E-state index contributed by atoms with van der Waals surface area (Å²) in [7, 11) is 1.59. The van der Waals surface area contributed by atoms with Gasteiger partial charge in [0.15, 0.2) is 6.10 Å². The quantitative estimate of drug-likeness (QED) is 0.607. The van der Waals surface area contributed by atoms with Gasteiger partial charge >= 0.3 is 11.7 Å². The molecule has 2 aromatic carbocycles. The van der Waals surface area contributed by atoms with Gasteiger partial charge in [-0.1, -0.05) is 36.4 Å². The fourth-order valence-electron chi connectivity index (χ4n) is 2.56. The van der Waals surface area contributed by atoms with Crippen LogP contribution >= 0.6 is 0 Å². The molecule has 3 aromatic rings. The molecule has 0 saturated carbocycles. The number of amides is 1. The van der Waals surface area contributed by atoms with Crippen LogP contribution in [-0.2, 0) is 20.9 Å². The summed E-state index contributed by atoms with van der Waals surface area (Å²) in [5.41, 5.74) is 1.29. The molecular formula is C20H19N3O5. The molecule has 0 spiro atoms. The number of hydrogen-bond donors (Lipinski definition) is 0. The molecule has 0 saturated heterocycles. The average molecular weight is 381 g/mol. The summed E-state index contributed by atoms with van der Waals surface area (Å²) in [5, 5.41) is 4.00. The number of esters is 1. The van der Waals surface area contributed by atoms with Gasteiger partial charge in [0, 0.05) is 18.3 Å². The minimum Gasteiger partial charge on any atom is -0.451 e. The van der Waals surface area contributed by atoms with Crippen LogP contribution in [0.15, 0.2) is 69.9 Å². The molecule has 1 atom stereocenters. The maximum atomic E-state index is 12.4. The van der Waals surface area contributed by atoms with E-state index in [0.29, 0.717) is 11.3 Å². The summed E-state index contributed by atoms with van der Waals surface area (Å²) in [4.78, 5) is 37.9. The van der Waals surface area contributed by atoms with E-state index in [-0.39, 0.29) is 5.89 Å². The van der Waals surface area contributed by atoms with Gasteiger partial charge in [-0.25, -0.2) is 4.79 Å². The van der Waals surface area contributed by atoms with Crippen LogP contribution in [0.2, 0.25) is 0 Å². The van der Waals surface area contributed by atoms with Gasteiger partial charge in [0.2, 0.25) is 5.89 Å². The SMILES string of the molecule is C[C@@H](OC(=O)Cn1nc(-c2ccccc2)oc1=O)C(=O)N(C)c1ccccc1. The van der Waals surface area contributed by atoms with E-state index in [1.54, 1.807) is 55.6 Å². The maximum absolute atomic E-state index is 12.4. The number of ether oxygens (including phenoxy) is 1. The van der Waals surface area contributed by atoms with Crippen molar-refractivity contribution in [3.05, 3.63) is 71.2 Å². The van der Waals surface area contributed by atoms with Crippen LogP contribution in [0.1, 0.15) is 6.92 Å². The van der Waals surface area contributed by atoms with Crippen LogP contribution in [0.3, 0.4) is 0 Å². The lowest BCUT2D eigenvalue weighted by atomic mass is 10.2. The van der Waals surface area contributed by atoms with E-state index in [0.717, 1.165) is 4.68 Å². The Morgan fingerprint density at radius 2 is 1.71 bits per heavy atom. The summed E-state index contributed by atoms with van der Waals surface area (Å²) in [6, 6.07) is 17.8. The van der Waals surface area contributed by atoms with Gasteiger partial charge in [-0.2, -0.15) is 4.68 Å². The molecule has 0 radical (unpaired) electrons.